The minimum Gasteiger partial charge on any atom is -0.326 e. The molecule has 2 aromatic carbocycles. The number of nitrogens with zero attached hydrogens (tertiary/aromatic N) is 2. The van der Waals surface area contributed by atoms with E-state index in [1.54, 1.807) is 43.3 Å². The van der Waals surface area contributed by atoms with Crippen LogP contribution >= 0.6 is 0 Å². The number of carbonyl (C=O) groups is 3. The lowest BCUT2D eigenvalue weighted by atomic mass is 10.2. The summed E-state index contributed by atoms with van der Waals surface area (Å²) >= 11 is 0. The topological polar surface area (TPSA) is 90.9 Å². The van der Waals surface area contributed by atoms with Crippen molar-refractivity contribution in [3.8, 4) is 0 Å². The number of para-hydroxylation sites is 1. The number of hydrogen-bond donors (Lipinski definition) is 2. The van der Waals surface area contributed by atoms with Gasteiger partial charge in [0.05, 0.1) is 12.1 Å². The SMILES string of the molecule is CCC(=O)Nc1cccc(C(=O)NC2=NN(c3ccccc3)C(=O)C2)c1. The van der Waals surface area contributed by atoms with E-state index in [4.69, 9.17) is 0 Å². The summed E-state index contributed by atoms with van der Waals surface area (Å²) in [5.41, 5.74) is 1.55. The van der Waals surface area contributed by atoms with Gasteiger partial charge in [0.25, 0.3) is 11.8 Å². The molecule has 2 aromatic rings. The van der Waals surface area contributed by atoms with E-state index in [1.807, 2.05) is 18.2 Å². The molecule has 0 fully saturated rings. The Labute approximate surface area is 150 Å². The molecule has 0 atom stereocenters. The number of anilines is 2. The Morgan fingerprint density at radius 3 is 2.58 bits per heavy atom. The molecule has 0 aliphatic carbocycles. The van der Waals surface area contributed by atoms with Crippen molar-refractivity contribution in [1.29, 1.82) is 0 Å². The smallest absolute Gasteiger partial charge is 0.256 e. The first-order valence-corrected chi connectivity index (χ1v) is 8.23. The van der Waals surface area contributed by atoms with Gasteiger partial charge in [-0.05, 0) is 30.3 Å². The van der Waals surface area contributed by atoms with Crippen molar-refractivity contribution < 1.29 is 14.4 Å². The second-order valence-electron chi connectivity index (χ2n) is 5.70. The summed E-state index contributed by atoms with van der Waals surface area (Å²) < 4.78 is 0. The second kappa shape index (κ2) is 7.60. The van der Waals surface area contributed by atoms with E-state index in [0.29, 0.717) is 23.4 Å². The van der Waals surface area contributed by atoms with Crippen molar-refractivity contribution in [2.24, 2.45) is 5.10 Å². The molecule has 0 saturated carbocycles. The number of rotatable bonds is 4. The van der Waals surface area contributed by atoms with Crippen molar-refractivity contribution in [2.75, 3.05) is 10.3 Å². The molecule has 26 heavy (non-hydrogen) atoms. The van der Waals surface area contributed by atoms with Gasteiger partial charge in [0.1, 0.15) is 5.84 Å². The Morgan fingerprint density at radius 1 is 1.08 bits per heavy atom. The normalized spacial score (nSPS) is 13.3. The zero-order valence-corrected chi connectivity index (χ0v) is 14.2. The minimum atomic E-state index is -0.390. The third-order valence-corrected chi connectivity index (χ3v) is 3.76. The van der Waals surface area contributed by atoms with Crippen LogP contribution in [0, 0.1) is 0 Å². The molecule has 1 aliphatic rings. The highest BCUT2D eigenvalue weighted by Crippen LogP contribution is 2.19. The maximum Gasteiger partial charge on any atom is 0.256 e. The molecule has 0 spiro atoms. The molecule has 1 aliphatic heterocycles. The van der Waals surface area contributed by atoms with E-state index in [1.165, 1.54) is 5.01 Å². The number of hydrazone groups is 1. The van der Waals surface area contributed by atoms with E-state index < -0.39 is 0 Å². The average molecular weight is 350 g/mol. The van der Waals surface area contributed by atoms with E-state index in [9.17, 15) is 14.4 Å². The van der Waals surface area contributed by atoms with Crippen LogP contribution in [-0.2, 0) is 9.59 Å². The van der Waals surface area contributed by atoms with Crippen LogP contribution < -0.4 is 15.6 Å². The second-order valence-corrected chi connectivity index (χ2v) is 5.70. The Bertz CT molecular complexity index is 877. The molecule has 2 N–H and O–H groups in total. The number of amidine groups is 1. The molecule has 0 bridgehead atoms. The van der Waals surface area contributed by atoms with Crippen LogP contribution in [-0.4, -0.2) is 23.6 Å². The predicted molar refractivity (Wildman–Crippen MR) is 98.8 cm³/mol. The van der Waals surface area contributed by atoms with Crippen LogP contribution in [0.25, 0.3) is 0 Å². The van der Waals surface area contributed by atoms with E-state index in [-0.39, 0.29) is 30.0 Å². The van der Waals surface area contributed by atoms with E-state index in [0.717, 1.165) is 0 Å². The molecule has 0 aromatic heterocycles. The maximum absolute atomic E-state index is 12.4. The molecule has 7 nitrogen and oxygen atoms in total. The Morgan fingerprint density at radius 2 is 1.85 bits per heavy atom. The summed E-state index contributed by atoms with van der Waals surface area (Å²) in [6.07, 6.45) is 0.373. The highest BCUT2D eigenvalue weighted by Gasteiger charge is 2.26. The van der Waals surface area contributed by atoms with Crippen molar-refractivity contribution >= 4 is 34.9 Å². The van der Waals surface area contributed by atoms with E-state index in [2.05, 4.69) is 15.7 Å². The Kier molecular flexibility index (Phi) is 5.07. The molecule has 3 amide bonds. The number of carbonyl (C=O) groups excluding carboxylic acids is 3. The van der Waals surface area contributed by atoms with Gasteiger partial charge in [-0.3, -0.25) is 14.4 Å². The number of amides is 3. The number of hydrogen-bond acceptors (Lipinski definition) is 4. The standard InChI is InChI=1S/C19H18N4O3/c1-2-17(24)20-14-8-6-7-13(11-14)19(26)21-16-12-18(25)23(22-16)15-9-4-3-5-10-15/h3-11H,2,12H2,1H3,(H,20,24)(H,21,22,26). The Hall–Kier alpha value is -3.48. The highest BCUT2D eigenvalue weighted by atomic mass is 16.2. The van der Waals surface area contributed by atoms with Gasteiger partial charge in [0.2, 0.25) is 5.91 Å². The lowest BCUT2D eigenvalue weighted by Crippen LogP contribution is -2.29. The zero-order chi connectivity index (χ0) is 18.5. The molecule has 132 valence electrons. The molecular weight excluding hydrogens is 332 g/mol. The van der Waals surface area contributed by atoms with Gasteiger partial charge >= 0.3 is 0 Å². The zero-order valence-electron chi connectivity index (χ0n) is 14.2. The predicted octanol–water partition coefficient (Wildman–Crippen LogP) is 2.52. The molecule has 0 unspecified atom stereocenters. The summed E-state index contributed by atoms with van der Waals surface area (Å²) in [4.78, 5) is 36.0. The van der Waals surface area contributed by atoms with Crippen LogP contribution in [0.15, 0.2) is 59.7 Å². The first kappa shape index (κ1) is 17.3. The maximum atomic E-state index is 12.4. The van der Waals surface area contributed by atoms with Crippen LogP contribution in [0.1, 0.15) is 30.1 Å². The lowest BCUT2D eigenvalue weighted by Gasteiger charge is -2.10. The van der Waals surface area contributed by atoms with Crippen molar-refractivity contribution in [3.63, 3.8) is 0 Å². The fourth-order valence-corrected chi connectivity index (χ4v) is 2.46. The lowest BCUT2D eigenvalue weighted by molar-refractivity contribution is -0.117. The summed E-state index contributed by atoms with van der Waals surface area (Å²) in [5, 5.41) is 10.8. The van der Waals surface area contributed by atoms with E-state index >= 15 is 0 Å². The van der Waals surface area contributed by atoms with Gasteiger partial charge in [0.15, 0.2) is 0 Å². The molecule has 7 heteroatoms. The molecular formula is C19H18N4O3. The minimum absolute atomic E-state index is 0.0207. The molecule has 1 heterocycles. The van der Waals surface area contributed by atoms with Gasteiger partial charge in [0, 0.05) is 17.7 Å². The van der Waals surface area contributed by atoms with Crippen LogP contribution in [0.3, 0.4) is 0 Å². The molecule has 0 radical (unpaired) electrons. The Balaban J connectivity index is 1.71. The van der Waals surface area contributed by atoms with Gasteiger partial charge in [-0.15, -0.1) is 0 Å². The summed E-state index contributed by atoms with van der Waals surface area (Å²) in [5.74, 6) is -0.451. The van der Waals surface area contributed by atoms with Gasteiger partial charge in [-0.1, -0.05) is 31.2 Å². The summed E-state index contributed by atoms with van der Waals surface area (Å²) in [6.45, 7) is 1.75. The number of nitrogens with one attached hydrogen (secondary N) is 2. The number of benzene rings is 2. The fraction of sp³-hybridized carbons (Fsp3) is 0.158. The van der Waals surface area contributed by atoms with Crippen molar-refractivity contribution in [1.82, 2.24) is 5.32 Å². The molecule has 3 rings (SSSR count). The van der Waals surface area contributed by atoms with Gasteiger partial charge in [-0.2, -0.15) is 10.1 Å². The quantitative estimate of drug-likeness (QED) is 0.888. The van der Waals surface area contributed by atoms with Crippen molar-refractivity contribution in [2.45, 2.75) is 19.8 Å². The third-order valence-electron chi connectivity index (χ3n) is 3.76. The monoisotopic (exact) mass is 350 g/mol. The average Bonchev–Trinajstić information content (AvgIpc) is 3.02. The summed E-state index contributed by atoms with van der Waals surface area (Å²) in [7, 11) is 0. The van der Waals surface area contributed by atoms with Crippen LogP contribution in [0.4, 0.5) is 11.4 Å². The largest absolute Gasteiger partial charge is 0.326 e. The first-order chi connectivity index (χ1) is 12.6. The fourth-order valence-electron chi connectivity index (χ4n) is 2.46. The third kappa shape index (κ3) is 3.94. The first-order valence-electron chi connectivity index (χ1n) is 8.23. The highest BCUT2D eigenvalue weighted by molar-refractivity contribution is 6.17. The van der Waals surface area contributed by atoms with Crippen LogP contribution in [0.2, 0.25) is 0 Å². The van der Waals surface area contributed by atoms with Gasteiger partial charge < -0.3 is 10.6 Å². The van der Waals surface area contributed by atoms with Crippen LogP contribution in [0.5, 0.6) is 0 Å². The van der Waals surface area contributed by atoms with Crippen molar-refractivity contribution in [3.05, 3.63) is 60.2 Å². The summed E-state index contributed by atoms with van der Waals surface area (Å²) in [6, 6.07) is 15.6. The van der Waals surface area contributed by atoms with Gasteiger partial charge in [-0.25, -0.2) is 0 Å². The molecule has 0 saturated heterocycles.